The van der Waals surface area contributed by atoms with Crippen LogP contribution in [0.2, 0.25) is 0 Å². The van der Waals surface area contributed by atoms with E-state index in [9.17, 15) is 4.79 Å². The lowest BCUT2D eigenvalue weighted by Crippen LogP contribution is -2.26. The molecular formula is C8H9N2O2. The van der Waals surface area contributed by atoms with Crippen LogP contribution < -0.4 is 5.32 Å². The van der Waals surface area contributed by atoms with Crippen molar-refractivity contribution in [1.82, 2.24) is 10.3 Å². The molecule has 0 aliphatic rings. The molecule has 1 radical (unpaired) electrons. The van der Waals surface area contributed by atoms with Gasteiger partial charge >= 0.3 is 0 Å². The quantitative estimate of drug-likeness (QED) is 0.640. The molecule has 0 saturated carbocycles. The number of hydrogen-bond donors (Lipinski definition) is 2. The molecular weight excluding hydrogens is 156 g/mol. The molecule has 2 N–H and O–H groups in total. The number of amides is 1. The van der Waals surface area contributed by atoms with Crippen molar-refractivity contribution >= 4 is 5.91 Å². The highest BCUT2D eigenvalue weighted by Crippen LogP contribution is 1.93. The van der Waals surface area contributed by atoms with Crippen LogP contribution in [-0.2, 0) is 0 Å². The average molecular weight is 165 g/mol. The van der Waals surface area contributed by atoms with Crippen LogP contribution in [0.3, 0.4) is 0 Å². The zero-order valence-corrected chi connectivity index (χ0v) is 6.45. The number of aliphatic hydroxyl groups excluding tert-OH is 1. The summed E-state index contributed by atoms with van der Waals surface area (Å²) in [7, 11) is 0. The number of carbonyl (C=O) groups excluding carboxylic acids is 1. The van der Waals surface area contributed by atoms with Gasteiger partial charge in [0.25, 0.3) is 5.91 Å². The van der Waals surface area contributed by atoms with Gasteiger partial charge in [-0.05, 0) is 6.07 Å². The van der Waals surface area contributed by atoms with Crippen LogP contribution >= 0.6 is 0 Å². The van der Waals surface area contributed by atoms with Gasteiger partial charge in [-0.15, -0.1) is 0 Å². The van der Waals surface area contributed by atoms with Crippen LogP contribution in [0.5, 0.6) is 0 Å². The fourth-order valence-corrected chi connectivity index (χ4v) is 0.721. The summed E-state index contributed by atoms with van der Waals surface area (Å²) in [6.07, 6.45) is 2.92. The second-order valence-electron chi connectivity index (χ2n) is 2.15. The molecule has 4 nitrogen and oxygen atoms in total. The Morgan fingerprint density at radius 3 is 3.17 bits per heavy atom. The molecule has 0 aromatic carbocycles. The zero-order valence-electron chi connectivity index (χ0n) is 6.45. The normalized spacial score (nSPS) is 9.42. The van der Waals surface area contributed by atoms with Crippen LogP contribution in [0.4, 0.5) is 0 Å². The summed E-state index contributed by atoms with van der Waals surface area (Å²) in [5, 5.41) is 10.9. The molecule has 0 aliphatic carbocycles. The molecule has 0 saturated heterocycles. The van der Waals surface area contributed by atoms with Gasteiger partial charge < -0.3 is 10.4 Å². The number of pyridine rings is 1. The van der Waals surface area contributed by atoms with E-state index in [2.05, 4.69) is 16.4 Å². The molecule has 0 atom stereocenters. The summed E-state index contributed by atoms with van der Waals surface area (Å²) in [6, 6.07) is 4.23. The smallest absolute Gasteiger partial charge is 0.252 e. The van der Waals surface area contributed by atoms with Crippen LogP contribution in [0.15, 0.2) is 18.5 Å². The lowest BCUT2D eigenvalue weighted by atomic mass is 10.3. The third kappa shape index (κ3) is 2.32. The zero-order chi connectivity index (χ0) is 8.81. The van der Waals surface area contributed by atoms with E-state index in [1.54, 1.807) is 6.07 Å². The van der Waals surface area contributed by atoms with E-state index in [4.69, 9.17) is 5.11 Å². The second-order valence-corrected chi connectivity index (χ2v) is 2.15. The molecule has 1 heterocycles. The number of carbonyl (C=O) groups is 1. The molecule has 0 unspecified atom stereocenters. The summed E-state index contributed by atoms with van der Waals surface area (Å²) in [5.41, 5.74) is 0.450. The van der Waals surface area contributed by atoms with Gasteiger partial charge in [-0.2, -0.15) is 0 Å². The predicted molar refractivity (Wildman–Crippen MR) is 42.5 cm³/mol. The van der Waals surface area contributed by atoms with E-state index >= 15 is 0 Å². The van der Waals surface area contributed by atoms with E-state index in [1.165, 1.54) is 12.4 Å². The Morgan fingerprint density at radius 1 is 1.75 bits per heavy atom. The van der Waals surface area contributed by atoms with Crippen molar-refractivity contribution in [1.29, 1.82) is 0 Å². The highest BCUT2D eigenvalue weighted by atomic mass is 16.3. The second kappa shape index (κ2) is 4.46. The summed E-state index contributed by atoms with van der Waals surface area (Å²) in [4.78, 5) is 14.9. The van der Waals surface area contributed by atoms with Crippen LogP contribution in [-0.4, -0.2) is 29.1 Å². The maximum atomic E-state index is 11.1. The van der Waals surface area contributed by atoms with Crippen molar-refractivity contribution in [3.8, 4) is 0 Å². The van der Waals surface area contributed by atoms with Crippen LogP contribution in [0.1, 0.15) is 10.4 Å². The molecule has 1 aromatic heterocycles. The van der Waals surface area contributed by atoms with Crippen molar-refractivity contribution in [2.45, 2.75) is 0 Å². The van der Waals surface area contributed by atoms with Gasteiger partial charge in [0.1, 0.15) is 0 Å². The van der Waals surface area contributed by atoms with E-state index in [0.29, 0.717) is 5.56 Å². The largest absolute Gasteiger partial charge is 0.395 e. The minimum atomic E-state index is -0.242. The van der Waals surface area contributed by atoms with Gasteiger partial charge in [0.05, 0.1) is 12.2 Å². The maximum absolute atomic E-state index is 11.1. The molecule has 0 bridgehead atoms. The molecule has 4 heteroatoms. The number of rotatable bonds is 3. The Labute approximate surface area is 70.3 Å². The first-order valence-corrected chi connectivity index (χ1v) is 3.55. The van der Waals surface area contributed by atoms with E-state index in [1.807, 2.05) is 0 Å². The monoisotopic (exact) mass is 165 g/mol. The Morgan fingerprint density at radius 2 is 2.58 bits per heavy atom. The van der Waals surface area contributed by atoms with Gasteiger partial charge in [0.2, 0.25) is 0 Å². The van der Waals surface area contributed by atoms with Crippen molar-refractivity contribution < 1.29 is 9.90 Å². The fraction of sp³-hybridized carbons (Fsp3) is 0.250. The van der Waals surface area contributed by atoms with Crippen LogP contribution in [0.25, 0.3) is 0 Å². The summed E-state index contributed by atoms with van der Waals surface area (Å²) in [6.45, 7) is 0.198. The minimum Gasteiger partial charge on any atom is -0.395 e. The third-order valence-electron chi connectivity index (χ3n) is 1.26. The maximum Gasteiger partial charge on any atom is 0.252 e. The fourth-order valence-electron chi connectivity index (χ4n) is 0.721. The van der Waals surface area contributed by atoms with Crippen LogP contribution in [0, 0.1) is 6.07 Å². The van der Waals surface area contributed by atoms with E-state index < -0.39 is 0 Å². The molecule has 1 aromatic rings. The van der Waals surface area contributed by atoms with Crippen molar-refractivity contribution in [3.63, 3.8) is 0 Å². The highest BCUT2D eigenvalue weighted by Gasteiger charge is 2.02. The lowest BCUT2D eigenvalue weighted by Gasteiger charge is -2.00. The molecule has 1 amide bonds. The SMILES string of the molecule is O=C(NCCO)c1c[c]cnc1. The number of nitrogens with zero attached hydrogens (tertiary/aromatic N) is 1. The first-order valence-electron chi connectivity index (χ1n) is 3.55. The first kappa shape index (κ1) is 8.67. The van der Waals surface area contributed by atoms with Crippen molar-refractivity contribution in [3.05, 3.63) is 30.1 Å². The average Bonchev–Trinajstić information content (AvgIpc) is 2.15. The Kier molecular flexibility index (Phi) is 3.22. The third-order valence-corrected chi connectivity index (χ3v) is 1.26. The summed E-state index contributed by atoms with van der Waals surface area (Å²) >= 11 is 0. The standard InChI is InChI=1S/C8H9N2O2/c11-5-4-10-8(12)7-2-1-3-9-6-7/h2-3,6,11H,4-5H2,(H,10,12). The van der Waals surface area contributed by atoms with E-state index in [0.717, 1.165) is 0 Å². The predicted octanol–water partition coefficient (Wildman–Crippen LogP) is -0.396. The topological polar surface area (TPSA) is 62.2 Å². The molecule has 1 rings (SSSR count). The number of aromatic nitrogens is 1. The molecule has 63 valence electrons. The summed E-state index contributed by atoms with van der Waals surface area (Å²) in [5.74, 6) is -0.242. The lowest BCUT2D eigenvalue weighted by molar-refractivity contribution is 0.0944. The number of nitrogens with one attached hydrogen (secondary N) is 1. The van der Waals surface area contributed by atoms with E-state index in [-0.39, 0.29) is 19.1 Å². The molecule has 0 fully saturated rings. The van der Waals surface area contributed by atoms with Gasteiger partial charge in [0.15, 0.2) is 0 Å². The summed E-state index contributed by atoms with van der Waals surface area (Å²) < 4.78 is 0. The molecule has 0 aliphatic heterocycles. The van der Waals surface area contributed by atoms with Crippen molar-refractivity contribution in [2.75, 3.05) is 13.2 Å². The Bertz CT molecular complexity index is 248. The highest BCUT2D eigenvalue weighted by molar-refractivity contribution is 5.93. The minimum absolute atomic E-state index is 0.0598. The Balaban J connectivity index is 2.54. The molecule has 0 spiro atoms. The van der Waals surface area contributed by atoms with Gasteiger partial charge in [-0.3, -0.25) is 9.78 Å². The van der Waals surface area contributed by atoms with Gasteiger partial charge in [0, 0.05) is 25.0 Å². The molecule has 12 heavy (non-hydrogen) atoms. The van der Waals surface area contributed by atoms with Gasteiger partial charge in [-0.25, -0.2) is 0 Å². The first-order chi connectivity index (χ1) is 5.84. The Hall–Kier alpha value is -1.42. The number of aliphatic hydroxyl groups is 1. The van der Waals surface area contributed by atoms with Gasteiger partial charge in [-0.1, -0.05) is 0 Å². The van der Waals surface area contributed by atoms with Crippen molar-refractivity contribution in [2.24, 2.45) is 0 Å². The number of hydrogen-bond acceptors (Lipinski definition) is 3.